The van der Waals surface area contributed by atoms with Gasteiger partial charge in [0, 0.05) is 13.2 Å². The van der Waals surface area contributed by atoms with Crippen molar-refractivity contribution in [3.63, 3.8) is 0 Å². The topological polar surface area (TPSA) is 72.8 Å². The number of sulfone groups is 1. The molecule has 2 aliphatic heterocycles. The Balaban J connectivity index is 1.76. The van der Waals surface area contributed by atoms with Gasteiger partial charge in [0.1, 0.15) is 0 Å². The van der Waals surface area contributed by atoms with Crippen molar-refractivity contribution in [2.45, 2.75) is 55.1 Å². The number of hydrogen-bond donors (Lipinski definition) is 1. The normalized spacial score (nSPS) is 36.5. The number of hydrogen-bond acceptors (Lipinski definition) is 5. The van der Waals surface area contributed by atoms with E-state index in [0.717, 1.165) is 0 Å². The summed E-state index contributed by atoms with van der Waals surface area (Å²) in [7, 11) is -2.96. The molecule has 0 saturated carbocycles. The van der Waals surface area contributed by atoms with E-state index >= 15 is 0 Å². The number of aliphatic hydroxyl groups is 1. The van der Waals surface area contributed by atoms with Crippen LogP contribution in [0.1, 0.15) is 39.0 Å². The van der Waals surface area contributed by atoms with E-state index in [4.69, 9.17) is 9.47 Å². The number of ether oxygens (including phenoxy) is 2. The highest BCUT2D eigenvalue weighted by atomic mass is 32.2. The van der Waals surface area contributed by atoms with Crippen molar-refractivity contribution >= 4 is 9.84 Å². The Kier molecular flexibility index (Phi) is 4.87. The molecule has 2 bridgehead atoms. The lowest BCUT2D eigenvalue weighted by molar-refractivity contribution is -0.0225. The first-order valence-electron chi connectivity index (χ1n) is 7.08. The van der Waals surface area contributed by atoms with Crippen molar-refractivity contribution in [1.29, 1.82) is 0 Å². The molecule has 1 N–H and O–H groups in total. The van der Waals surface area contributed by atoms with Crippen molar-refractivity contribution in [1.82, 2.24) is 0 Å². The lowest BCUT2D eigenvalue weighted by Crippen LogP contribution is -2.45. The molecule has 2 fully saturated rings. The zero-order chi connectivity index (χ0) is 13.9. The van der Waals surface area contributed by atoms with Gasteiger partial charge in [-0.1, -0.05) is 0 Å². The fourth-order valence-corrected chi connectivity index (χ4v) is 5.73. The predicted molar refractivity (Wildman–Crippen MR) is 71.8 cm³/mol. The zero-order valence-electron chi connectivity index (χ0n) is 11.5. The van der Waals surface area contributed by atoms with Gasteiger partial charge in [-0.25, -0.2) is 8.42 Å². The van der Waals surface area contributed by atoms with Crippen LogP contribution in [0.15, 0.2) is 0 Å². The Morgan fingerprint density at radius 1 is 1.11 bits per heavy atom. The van der Waals surface area contributed by atoms with E-state index in [1.54, 1.807) is 0 Å². The van der Waals surface area contributed by atoms with Gasteiger partial charge in [-0.2, -0.15) is 0 Å². The third kappa shape index (κ3) is 3.48. The number of fused-ring (bicyclic) bond motifs is 2. The van der Waals surface area contributed by atoms with Gasteiger partial charge in [0.05, 0.1) is 29.3 Å². The summed E-state index contributed by atoms with van der Waals surface area (Å²) in [5, 5.41) is 9.84. The standard InChI is InChI=1S/C13H24O5S/c1-2-17-7-8-18-6-5-13(14)9-11-3-4-12(10-13)19(11,15)16/h11-12,14H,2-10H2,1H3. The zero-order valence-corrected chi connectivity index (χ0v) is 12.3. The van der Waals surface area contributed by atoms with Crippen LogP contribution < -0.4 is 0 Å². The summed E-state index contributed by atoms with van der Waals surface area (Å²) in [6, 6.07) is 0. The second kappa shape index (κ2) is 6.08. The molecule has 2 heterocycles. The molecule has 2 aliphatic rings. The Hall–Kier alpha value is -0.170. The molecular weight excluding hydrogens is 268 g/mol. The smallest absolute Gasteiger partial charge is 0.156 e. The minimum Gasteiger partial charge on any atom is -0.390 e. The monoisotopic (exact) mass is 292 g/mol. The van der Waals surface area contributed by atoms with Crippen LogP contribution in [0, 0.1) is 0 Å². The maximum atomic E-state index is 12.0. The van der Waals surface area contributed by atoms with Crippen LogP contribution in [0.2, 0.25) is 0 Å². The summed E-state index contributed by atoms with van der Waals surface area (Å²) in [6.07, 6.45) is 2.68. The van der Waals surface area contributed by atoms with E-state index < -0.39 is 15.4 Å². The van der Waals surface area contributed by atoms with Crippen molar-refractivity contribution in [3.05, 3.63) is 0 Å². The van der Waals surface area contributed by atoms with Gasteiger partial charge in [0.25, 0.3) is 0 Å². The second-order valence-corrected chi connectivity index (χ2v) is 8.11. The maximum absolute atomic E-state index is 12.0. The molecule has 2 rings (SSSR count). The molecule has 0 aromatic carbocycles. The minimum absolute atomic E-state index is 0.334. The summed E-state index contributed by atoms with van der Waals surface area (Å²) in [6.45, 7) is 4.15. The lowest BCUT2D eigenvalue weighted by Gasteiger charge is -2.36. The van der Waals surface area contributed by atoms with Crippen molar-refractivity contribution in [2.24, 2.45) is 0 Å². The highest BCUT2D eigenvalue weighted by Crippen LogP contribution is 2.44. The third-order valence-electron chi connectivity index (χ3n) is 4.24. The van der Waals surface area contributed by atoms with E-state index in [2.05, 4.69) is 0 Å². The largest absolute Gasteiger partial charge is 0.390 e. The Morgan fingerprint density at radius 3 is 2.26 bits per heavy atom. The molecule has 0 radical (unpaired) electrons. The molecule has 5 nitrogen and oxygen atoms in total. The fourth-order valence-electron chi connectivity index (χ4n) is 3.17. The molecule has 19 heavy (non-hydrogen) atoms. The van der Waals surface area contributed by atoms with Gasteiger partial charge in [-0.3, -0.25) is 0 Å². The predicted octanol–water partition coefficient (Wildman–Crippen LogP) is 0.900. The minimum atomic E-state index is -2.96. The number of rotatable bonds is 7. The quantitative estimate of drug-likeness (QED) is 0.706. The van der Waals surface area contributed by atoms with E-state index in [-0.39, 0.29) is 10.5 Å². The average molecular weight is 292 g/mol. The van der Waals surface area contributed by atoms with Gasteiger partial charge in [-0.15, -0.1) is 0 Å². The molecule has 2 atom stereocenters. The molecule has 6 heteroatoms. The maximum Gasteiger partial charge on any atom is 0.156 e. The summed E-state index contributed by atoms with van der Waals surface area (Å²) in [4.78, 5) is 0. The molecule has 0 aliphatic carbocycles. The molecule has 0 amide bonds. The van der Waals surface area contributed by atoms with E-state index in [1.165, 1.54) is 0 Å². The Bertz CT molecular complexity index is 372. The summed E-state index contributed by atoms with van der Waals surface area (Å²) in [5.41, 5.74) is -0.858. The van der Waals surface area contributed by atoms with E-state index in [0.29, 0.717) is 58.5 Å². The van der Waals surface area contributed by atoms with Crippen LogP contribution in [0.4, 0.5) is 0 Å². The first-order valence-corrected chi connectivity index (χ1v) is 8.69. The summed E-state index contributed by atoms with van der Waals surface area (Å²) in [5.74, 6) is 0. The van der Waals surface area contributed by atoms with Crippen molar-refractivity contribution < 1.29 is 23.0 Å². The SMILES string of the molecule is CCOCCOCCC1(O)CC2CCC(C1)S2(=O)=O. The summed E-state index contributed by atoms with van der Waals surface area (Å²) < 4.78 is 34.5. The molecule has 0 aromatic heterocycles. The highest BCUT2D eigenvalue weighted by molar-refractivity contribution is 7.93. The van der Waals surface area contributed by atoms with Crippen LogP contribution in [-0.2, 0) is 19.3 Å². The van der Waals surface area contributed by atoms with Crippen LogP contribution >= 0.6 is 0 Å². The highest BCUT2D eigenvalue weighted by Gasteiger charge is 2.52. The van der Waals surface area contributed by atoms with Crippen LogP contribution in [-0.4, -0.2) is 56.1 Å². The van der Waals surface area contributed by atoms with Gasteiger partial charge in [-0.05, 0) is 39.0 Å². The van der Waals surface area contributed by atoms with E-state index in [1.807, 2.05) is 6.92 Å². The first-order chi connectivity index (χ1) is 8.98. The molecule has 2 saturated heterocycles. The van der Waals surface area contributed by atoms with Gasteiger partial charge < -0.3 is 14.6 Å². The average Bonchev–Trinajstić information content (AvgIpc) is 2.54. The van der Waals surface area contributed by atoms with Crippen LogP contribution in [0.3, 0.4) is 0 Å². The fraction of sp³-hybridized carbons (Fsp3) is 1.00. The Morgan fingerprint density at radius 2 is 1.68 bits per heavy atom. The van der Waals surface area contributed by atoms with Gasteiger partial charge in [0.15, 0.2) is 9.84 Å². The van der Waals surface area contributed by atoms with Gasteiger partial charge >= 0.3 is 0 Å². The van der Waals surface area contributed by atoms with Crippen molar-refractivity contribution in [2.75, 3.05) is 26.4 Å². The molecule has 0 spiro atoms. The molecule has 0 aromatic rings. The van der Waals surface area contributed by atoms with Gasteiger partial charge in [0.2, 0.25) is 0 Å². The first kappa shape index (κ1) is 15.2. The third-order valence-corrected chi connectivity index (χ3v) is 6.91. The van der Waals surface area contributed by atoms with Crippen LogP contribution in [0.5, 0.6) is 0 Å². The lowest BCUT2D eigenvalue weighted by atomic mass is 9.90. The van der Waals surface area contributed by atoms with E-state index in [9.17, 15) is 13.5 Å². The molecule has 112 valence electrons. The Labute approximate surface area is 115 Å². The molecule has 2 unspecified atom stereocenters. The van der Waals surface area contributed by atoms with Crippen molar-refractivity contribution in [3.8, 4) is 0 Å². The second-order valence-electron chi connectivity index (χ2n) is 5.60. The van der Waals surface area contributed by atoms with Crippen LogP contribution in [0.25, 0.3) is 0 Å². The summed E-state index contributed by atoms with van der Waals surface area (Å²) >= 11 is 0. The molecular formula is C13H24O5S.